The molecule has 102 valence electrons. The summed E-state index contributed by atoms with van der Waals surface area (Å²) in [4.78, 5) is 4.36. The Kier molecular flexibility index (Phi) is 4.61. The van der Waals surface area contributed by atoms with Gasteiger partial charge in [-0.3, -0.25) is 0 Å². The number of nitrogens with zero attached hydrogens (tertiary/aromatic N) is 2. The van der Waals surface area contributed by atoms with Gasteiger partial charge in [-0.15, -0.1) is 0 Å². The first-order chi connectivity index (χ1) is 9.20. The molecule has 3 heteroatoms. The van der Waals surface area contributed by atoms with Crippen molar-refractivity contribution in [3.8, 4) is 0 Å². The van der Waals surface area contributed by atoms with E-state index in [4.69, 9.17) is 0 Å². The lowest BCUT2D eigenvalue weighted by Crippen LogP contribution is -2.05. The van der Waals surface area contributed by atoms with Crippen molar-refractivity contribution < 1.29 is 0 Å². The summed E-state index contributed by atoms with van der Waals surface area (Å²) in [6.07, 6.45) is 7.49. The van der Waals surface area contributed by atoms with Crippen LogP contribution in [0.25, 0.3) is 0 Å². The highest BCUT2D eigenvalue weighted by Gasteiger charge is 2.05. The van der Waals surface area contributed by atoms with Crippen LogP contribution < -0.4 is 5.32 Å². The molecule has 0 saturated carbocycles. The largest absolute Gasteiger partial charge is 0.326 e. The van der Waals surface area contributed by atoms with Crippen LogP contribution in [-0.2, 0) is 6.42 Å². The van der Waals surface area contributed by atoms with Crippen molar-refractivity contribution in [1.82, 2.24) is 9.55 Å². The summed E-state index contributed by atoms with van der Waals surface area (Å²) >= 11 is 0. The third-order valence-electron chi connectivity index (χ3n) is 3.25. The number of aryl methyl sites for hydroxylation is 1. The Morgan fingerprint density at radius 2 is 1.95 bits per heavy atom. The van der Waals surface area contributed by atoms with E-state index in [1.54, 1.807) is 0 Å². The van der Waals surface area contributed by atoms with Crippen molar-refractivity contribution in [2.75, 3.05) is 5.32 Å². The topological polar surface area (TPSA) is 29.9 Å². The molecule has 0 saturated heterocycles. The number of nitrogens with one attached hydrogen (secondary N) is 1. The number of hydrogen-bond acceptors (Lipinski definition) is 2. The van der Waals surface area contributed by atoms with Crippen LogP contribution in [0.15, 0.2) is 36.7 Å². The molecule has 1 N–H and O–H groups in total. The Morgan fingerprint density at radius 1 is 1.21 bits per heavy atom. The Bertz CT molecular complexity index is 497. The zero-order valence-corrected chi connectivity index (χ0v) is 12.1. The molecule has 2 aromatic rings. The third kappa shape index (κ3) is 3.60. The van der Waals surface area contributed by atoms with Gasteiger partial charge in [0, 0.05) is 24.1 Å². The summed E-state index contributed by atoms with van der Waals surface area (Å²) in [5.41, 5.74) is 2.49. The highest BCUT2D eigenvalue weighted by atomic mass is 15.2. The van der Waals surface area contributed by atoms with Crippen LogP contribution in [-0.4, -0.2) is 9.55 Å². The van der Waals surface area contributed by atoms with E-state index in [2.05, 4.69) is 59.9 Å². The first-order valence-corrected chi connectivity index (χ1v) is 7.09. The van der Waals surface area contributed by atoms with E-state index < -0.39 is 0 Å². The van der Waals surface area contributed by atoms with Gasteiger partial charge >= 0.3 is 0 Å². The molecule has 2 rings (SSSR count). The Morgan fingerprint density at radius 3 is 2.58 bits per heavy atom. The van der Waals surface area contributed by atoms with Gasteiger partial charge in [-0.05, 0) is 44.4 Å². The zero-order chi connectivity index (χ0) is 13.7. The van der Waals surface area contributed by atoms with E-state index in [0.29, 0.717) is 6.04 Å². The molecule has 0 atom stereocenters. The van der Waals surface area contributed by atoms with Gasteiger partial charge in [-0.2, -0.15) is 0 Å². The summed E-state index contributed by atoms with van der Waals surface area (Å²) < 4.78 is 2.13. The molecular formula is C16H23N3. The monoisotopic (exact) mass is 257 g/mol. The average Bonchev–Trinajstić information content (AvgIpc) is 2.86. The predicted octanol–water partition coefficient (Wildman–Crippen LogP) is 4.55. The van der Waals surface area contributed by atoms with Crippen molar-refractivity contribution in [1.29, 1.82) is 0 Å². The van der Waals surface area contributed by atoms with E-state index in [9.17, 15) is 0 Å². The van der Waals surface area contributed by atoms with Gasteiger partial charge in [0.25, 0.3) is 0 Å². The first-order valence-electron chi connectivity index (χ1n) is 7.09. The summed E-state index contributed by atoms with van der Waals surface area (Å²) in [7, 11) is 0. The fourth-order valence-corrected chi connectivity index (χ4v) is 2.09. The second-order valence-electron chi connectivity index (χ2n) is 5.18. The van der Waals surface area contributed by atoms with Gasteiger partial charge in [0.15, 0.2) is 0 Å². The van der Waals surface area contributed by atoms with Crippen molar-refractivity contribution in [3.05, 3.63) is 42.2 Å². The lowest BCUT2D eigenvalue weighted by atomic mass is 10.1. The molecular weight excluding hydrogens is 234 g/mol. The second-order valence-corrected chi connectivity index (χ2v) is 5.18. The van der Waals surface area contributed by atoms with Crippen molar-refractivity contribution in [2.24, 2.45) is 0 Å². The molecule has 19 heavy (non-hydrogen) atoms. The molecule has 0 radical (unpaired) electrons. The highest BCUT2D eigenvalue weighted by Crippen LogP contribution is 2.19. The van der Waals surface area contributed by atoms with Gasteiger partial charge in [-0.25, -0.2) is 4.98 Å². The number of hydrogen-bond donors (Lipinski definition) is 1. The summed E-state index contributed by atoms with van der Waals surface area (Å²) in [5, 5.41) is 3.37. The van der Waals surface area contributed by atoms with Gasteiger partial charge in [-0.1, -0.05) is 25.5 Å². The maximum absolute atomic E-state index is 4.36. The van der Waals surface area contributed by atoms with Crippen LogP contribution in [0.5, 0.6) is 0 Å². The number of benzene rings is 1. The third-order valence-corrected chi connectivity index (χ3v) is 3.25. The van der Waals surface area contributed by atoms with Crippen molar-refractivity contribution in [3.63, 3.8) is 0 Å². The number of rotatable bonds is 6. The molecule has 0 amide bonds. The van der Waals surface area contributed by atoms with E-state index in [1.807, 2.05) is 12.4 Å². The van der Waals surface area contributed by atoms with E-state index in [0.717, 1.165) is 18.1 Å². The fourth-order valence-electron chi connectivity index (χ4n) is 2.09. The van der Waals surface area contributed by atoms with Gasteiger partial charge < -0.3 is 9.88 Å². The molecule has 1 aromatic carbocycles. The maximum Gasteiger partial charge on any atom is 0.207 e. The van der Waals surface area contributed by atoms with Crippen LogP contribution in [0, 0.1) is 0 Å². The van der Waals surface area contributed by atoms with Crippen LogP contribution in [0.3, 0.4) is 0 Å². The van der Waals surface area contributed by atoms with Crippen molar-refractivity contribution >= 4 is 11.6 Å². The fraction of sp³-hybridized carbons (Fsp3) is 0.438. The Hall–Kier alpha value is -1.77. The van der Waals surface area contributed by atoms with Crippen LogP contribution >= 0.6 is 0 Å². The molecule has 1 aromatic heterocycles. The molecule has 0 fully saturated rings. The predicted molar refractivity (Wildman–Crippen MR) is 80.9 cm³/mol. The zero-order valence-electron chi connectivity index (χ0n) is 12.1. The normalized spacial score (nSPS) is 10.9. The van der Waals surface area contributed by atoms with Crippen LogP contribution in [0.2, 0.25) is 0 Å². The lowest BCUT2D eigenvalue weighted by Gasteiger charge is -2.13. The Balaban J connectivity index is 2.04. The number of anilines is 2. The number of unbranched alkanes of at least 4 members (excludes halogenated alkanes) is 1. The minimum absolute atomic E-state index is 0.411. The molecule has 0 spiro atoms. The molecule has 0 aliphatic carbocycles. The minimum atomic E-state index is 0.411. The quantitative estimate of drug-likeness (QED) is 0.822. The van der Waals surface area contributed by atoms with E-state index in [-0.39, 0.29) is 0 Å². The molecule has 1 heterocycles. The van der Waals surface area contributed by atoms with Gasteiger partial charge in [0.05, 0.1) is 0 Å². The average molecular weight is 257 g/mol. The standard InChI is InChI=1S/C16H23N3/c1-4-5-6-14-7-9-15(10-8-14)18-16-17-11-12-19(16)13(2)3/h7-13H,4-6H2,1-3H3,(H,17,18). The maximum atomic E-state index is 4.36. The molecule has 0 bridgehead atoms. The molecule has 3 nitrogen and oxygen atoms in total. The Labute approximate surface area is 115 Å². The minimum Gasteiger partial charge on any atom is -0.326 e. The van der Waals surface area contributed by atoms with Gasteiger partial charge in [0.1, 0.15) is 0 Å². The number of imidazole rings is 1. The first kappa shape index (κ1) is 13.7. The summed E-state index contributed by atoms with van der Waals surface area (Å²) in [6, 6.07) is 9.06. The molecule has 0 unspecified atom stereocenters. The van der Waals surface area contributed by atoms with E-state index in [1.165, 1.54) is 18.4 Å². The highest BCUT2D eigenvalue weighted by molar-refractivity contribution is 5.54. The SMILES string of the molecule is CCCCc1ccc(Nc2nccn2C(C)C)cc1. The van der Waals surface area contributed by atoms with Gasteiger partial charge in [0.2, 0.25) is 5.95 Å². The van der Waals surface area contributed by atoms with Crippen LogP contribution in [0.4, 0.5) is 11.6 Å². The molecule has 0 aliphatic heterocycles. The lowest BCUT2D eigenvalue weighted by molar-refractivity contribution is 0.608. The number of aromatic nitrogens is 2. The summed E-state index contributed by atoms with van der Waals surface area (Å²) in [5.74, 6) is 0.899. The van der Waals surface area contributed by atoms with Crippen LogP contribution in [0.1, 0.15) is 45.2 Å². The van der Waals surface area contributed by atoms with Crippen molar-refractivity contribution in [2.45, 2.75) is 46.1 Å². The smallest absolute Gasteiger partial charge is 0.207 e. The second kappa shape index (κ2) is 6.41. The molecule has 0 aliphatic rings. The summed E-state index contributed by atoms with van der Waals surface area (Å²) in [6.45, 7) is 6.53. The van der Waals surface area contributed by atoms with E-state index >= 15 is 0 Å².